The first-order chi connectivity index (χ1) is 14.1. The third-order valence-electron chi connectivity index (χ3n) is 8.11. The molecule has 0 saturated heterocycles. The molecule has 0 bridgehead atoms. The fraction of sp³-hybridized carbons (Fsp3) is 0.500. The number of rotatable bonds is 4. The summed E-state index contributed by atoms with van der Waals surface area (Å²) in [7, 11) is 0. The number of nitrogens with one attached hydrogen (secondary N) is 1. The number of nitrogens with two attached hydrogens (primary N) is 1. The van der Waals surface area contributed by atoms with Crippen molar-refractivity contribution in [2.24, 2.45) is 5.41 Å². The molecular formula is C26H36N2O3. The highest BCUT2D eigenvalue weighted by molar-refractivity contribution is 5.94. The number of amides is 1. The van der Waals surface area contributed by atoms with Gasteiger partial charge < -0.3 is 21.3 Å². The Kier molecular flexibility index (Phi) is 5.32. The van der Waals surface area contributed by atoms with Crippen molar-refractivity contribution in [3.8, 4) is 11.5 Å². The summed E-state index contributed by atoms with van der Waals surface area (Å²) in [5.41, 5.74) is 10.1. The predicted molar refractivity (Wildman–Crippen MR) is 126 cm³/mol. The second-order valence-electron chi connectivity index (χ2n) is 10.6. The van der Waals surface area contributed by atoms with Crippen molar-refractivity contribution in [2.75, 3.05) is 12.3 Å². The van der Waals surface area contributed by atoms with E-state index in [4.69, 9.17) is 5.73 Å². The van der Waals surface area contributed by atoms with Crippen molar-refractivity contribution in [2.45, 2.75) is 72.6 Å². The highest BCUT2D eigenvalue weighted by Gasteiger charge is 2.59. The zero-order valence-electron chi connectivity index (χ0n) is 20.0. The van der Waals surface area contributed by atoms with Gasteiger partial charge in [0.2, 0.25) is 0 Å². The van der Waals surface area contributed by atoms with Crippen molar-refractivity contribution in [3.63, 3.8) is 0 Å². The Morgan fingerprint density at radius 3 is 1.90 bits per heavy atom. The summed E-state index contributed by atoms with van der Waals surface area (Å²) in [5.74, 6) is 0.0134. The molecule has 0 radical (unpaired) electrons. The van der Waals surface area contributed by atoms with Crippen molar-refractivity contribution < 1.29 is 15.0 Å². The number of fused-ring (bicyclic) bond motifs is 1. The Morgan fingerprint density at radius 1 is 0.903 bits per heavy atom. The standard InChI is InChI=1S/C26H36N2O3/c1-14-11-15(2)13-16(12-14)23(31)28-10-9-17-20(27)22(30)19-18(21(17)29)24(3,4)26(7,8)25(19,5)6/h11-13,29-30H,9-10,27H2,1-8H3,(H,28,31). The molecule has 5 N–H and O–H groups in total. The first-order valence-corrected chi connectivity index (χ1v) is 10.9. The molecule has 0 spiro atoms. The smallest absolute Gasteiger partial charge is 0.251 e. The maximum atomic E-state index is 12.6. The van der Waals surface area contributed by atoms with E-state index in [9.17, 15) is 15.0 Å². The summed E-state index contributed by atoms with van der Waals surface area (Å²) in [4.78, 5) is 12.6. The lowest BCUT2D eigenvalue weighted by atomic mass is 9.59. The molecule has 2 aromatic carbocycles. The minimum atomic E-state index is -0.378. The molecule has 0 fully saturated rings. The summed E-state index contributed by atoms with van der Waals surface area (Å²) >= 11 is 0. The molecule has 31 heavy (non-hydrogen) atoms. The maximum Gasteiger partial charge on any atom is 0.251 e. The first-order valence-electron chi connectivity index (χ1n) is 10.9. The van der Waals surface area contributed by atoms with Gasteiger partial charge in [0, 0.05) is 28.8 Å². The molecule has 2 aromatic rings. The number of aromatic hydroxyl groups is 2. The number of anilines is 1. The number of nitrogen functional groups attached to an aromatic ring is 1. The lowest BCUT2D eigenvalue weighted by Crippen LogP contribution is -2.42. The molecule has 0 unspecified atom stereocenters. The summed E-state index contributed by atoms with van der Waals surface area (Å²) in [5, 5.41) is 25.2. The van der Waals surface area contributed by atoms with Gasteiger partial charge in [-0.05, 0) is 48.6 Å². The molecular weight excluding hydrogens is 388 g/mol. The third kappa shape index (κ3) is 3.26. The highest BCUT2D eigenvalue weighted by Crippen LogP contribution is 2.66. The summed E-state index contributed by atoms with van der Waals surface area (Å²) in [6, 6.07) is 5.72. The molecule has 5 nitrogen and oxygen atoms in total. The van der Waals surface area contributed by atoms with Gasteiger partial charge in [0.05, 0.1) is 5.69 Å². The van der Waals surface area contributed by atoms with Crippen molar-refractivity contribution in [1.82, 2.24) is 5.32 Å². The average Bonchev–Trinajstić information content (AvgIpc) is 2.75. The van der Waals surface area contributed by atoms with Gasteiger partial charge in [-0.25, -0.2) is 0 Å². The van der Waals surface area contributed by atoms with E-state index in [0.717, 1.165) is 22.3 Å². The number of benzene rings is 2. The first kappa shape index (κ1) is 23.0. The molecule has 0 heterocycles. The monoisotopic (exact) mass is 424 g/mol. The number of carbonyl (C=O) groups is 1. The number of phenolic OH excluding ortho intramolecular Hbond substituents is 2. The van der Waals surface area contributed by atoms with Gasteiger partial charge in [0.1, 0.15) is 11.5 Å². The highest BCUT2D eigenvalue weighted by atomic mass is 16.3. The van der Waals surface area contributed by atoms with E-state index in [-0.39, 0.29) is 39.3 Å². The van der Waals surface area contributed by atoms with Crippen LogP contribution in [0, 0.1) is 19.3 Å². The molecule has 0 aliphatic heterocycles. The summed E-state index contributed by atoms with van der Waals surface area (Å²) < 4.78 is 0. The van der Waals surface area contributed by atoms with Gasteiger partial charge in [-0.1, -0.05) is 58.7 Å². The second-order valence-corrected chi connectivity index (χ2v) is 10.6. The number of hydrogen-bond acceptors (Lipinski definition) is 4. The zero-order chi connectivity index (χ0) is 23.5. The normalized spacial score (nSPS) is 17.9. The van der Waals surface area contributed by atoms with Crippen LogP contribution >= 0.6 is 0 Å². The van der Waals surface area contributed by atoms with E-state index in [1.165, 1.54) is 0 Å². The van der Waals surface area contributed by atoms with E-state index in [1.807, 2.05) is 32.0 Å². The van der Waals surface area contributed by atoms with Crippen molar-refractivity contribution >= 4 is 11.6 Å². The average molecular weight is 425 g/mol. The molecule has 3 rings (SSSR count). The number of hydrogen-bond donors (Lipinski definition) is 4. The van der Waals surface area contributed by atoms with Crippen LogP contribution in [0.25, 0.3) is 0 Å². The van der Waals surface area contributed by atoms with Crippen LogP contribution < -0.4 is 11.1 Å². The van der Waals surface area contributed by atoms with Crippen LogP contribution in [0.4, 0.5) is 5.69 Å². The van der Waals surface area contributed by atoms with Crippen LogP contribution in [-0.2, 0) is 17.3 Å². The Bertz CT molecular complexity index is 1040. The quantitative estimate of drug-likeness (QED) is 0.320. The molecule has 168 valence electrons. The second kappa shape index (κ2) is 7.18. The van der Waals surface area contributed by atoms with E-state index < -0.39 is 0 Å². The largest absolute Gasteiger partial charge is 0.507 e. The molecule has 0 saturated carbocycles. The summed E-state index contributed by atoms with van der Waals surface area (Å²) in [6.45, 7) is 16.9. The van der Waals surface area contributed by atoms with Gasteiger partial charge in [0.25, 0.3) is 5.91 Å². The van der Waals surface area contributed by atoms with Crippen LogP contribution in [0.3, 0.4) is 0 Å². The molecule has 5 heteroatoms. The van der Waals surface area contributed by atoms with Gasteiger partial charge in [-0.3, -0.25) is 4.79 Å². The molecule has 1 aliphatic carbocycles. The zero-order valence-corrected chi connectivity index (χ0v) is 20.0. The third-order valence-corrected chi connectivity index (χ3v) is 8.11. The van der Waals surface area contributed by atoms with Gasteiger partial charge in [-0.15, -0.1) is 0 Å². The van der Waals surface area contributed by atoms with Crippen molar-refractivity contribution in [1.29, 1.82) is 0 Å². The number of carbonyl (C=O) groups excluding carboxylic acids is 1. The lowest BCUT2D eigenvalue weighted by molar-refractivity contribution is 0.0953. The lowest BCUT2D eigenvalue weighted by Gasteiger charge is -2.44. The number of phenols is 2. The van der Waals surface area contributed by atoms with E-state index in [0.29, 0.717) is 24.1 Å². The number of aryl methyl sites for hydroxylation is 2. The van der Waals surface area contributed by atoms with Crippen LogP contribution in [-0.4, -0.2) is 22.7 Å². The maximum absolute atomic E-state index is 12.6. The Labute approximate surface area is 185 Å². The predicted octanol–water partition coefficient (Wildman–Crippen LogP) is 4.86. The fourth-order valence-corrected chi connectivity index (χ4v) is 5.18. The van der Waals surface area contributed by atoms with Crippen LogP contribution in [0.1, 0.15) is 79.7 Å². The molecule has 0 atom stereocenters. The van der Waals surface area contributed by atoms with E-state index in [2.05, 4.69) is 46.9 Å². The van der Waals surface area contributed by atoms with Crippen LogP contribution in [0.5, 0.6) is 11.5 Å². The molecule has 1 amide bonds. The topological polar surface area (TPSA) is 95.6 Å². The molecule has 0 aromatic heterocycles. The minimum Gasteiger partial charge on any atom is -0.507 e. The van der Waals surface area contributed by atoms with E-state index >= 15 is 0 Å². The van der Waals surface area contributed by atoms with Crippen LogP contribution in [0.15, 0.2) is 18.2 Å². The SMILES string of the molecule is Cc1cc(C)cc(C(=O)NCCc2c(N)c(O)c3c(c2O)C(C)(C)C(C)(C)C3(C)C)c1. The van der Waals surface area contributed by atoms with Gasteiger partial charge in [-0.2, -0.15) is 0 Å². The summed E-state index contributed by atoms with van der Waals surface area (Å²) in [6.07, 6.45) is 0.325. The van der Waals surface area contributed by atoms with Crippen LogP contribution in [0.2, 0.25) is 0 Å². The van der Waals surface area contributed by atoms with E-state index in [1.54, 1.807) is 0 Å². The minimum absolute atomic E-state index is 0.0482. The van der Waals surface area contributed by atoms with Gasteiger partial charge in [0.15, 0.2) is 0 Å². The van der Waals surface area contributed by atoms with Gasteiger partial charge >= 0.3 is 0 Å². The Balaban J connectivity index is 1.93. The Hall–Kier alpha value is -2.69. The molecule has 1 aliphatic rings. The van der Waals surface area contributed by atoms with Crippen molar-refractivity contribution in [3.05, 3.63) is 51.6 Å². The Morgan fingerprint density at radius 2 is 1.39 bits per heavy atom. The fourth-order valence-electron chi connectivity index (χ4n) is 5.18.